The van der Waals surface area contributed by atoms with Crippen molar-refractivity contribution in [2.75, 3.05) is 20.3 Å². The lowest BCUT2D eigenvalue weighted by molar-refractivity contribution is 0.0920. The van der Waals surface area contributed by atoms with E-state index >= 15 is 0 Å². The molecule has 1 aromatic carbocycles. The van der Waals surface area contributed by atoms with E-state index in [9.17, 15) is 4.79 Å². The Morgan fingerprint density at radius 2 is 2.00 bits per heavy atom. The van der Waals surface area contributed by atoms with Crippen LogP contribution >= 0.6 is 0 Å². The first-order chi connectivity index (χ1) is 13.0. The van der Waals surface area contributed by atoms with Gasteiger partial charge >= 0.3 is 0 Å². The number of hydrogen-bond acceptors (Lipinski definition) is 6. The molecule has 0 bridgehead atoms. The molecule has 142 valence electrons. The third kappa shape index (κ3) is 4.09. The second-order valence-corrected chi connectivity index (χ2v) is 6.44. The summed E-state index contributed by atoms with van der Waals surface area (Å²) in [6.45, 7) is 6.58. The number of benzene rings is 1. The van der Waals surface area contributed by atoms with Crippen LogP contribution in [0.25, 0.3) is 11.5 Å². The Hall–Kier alpha value is -2.93. The minimum Gasteiger partial charge on any atom is -0.485 e. The summed E-state index contributed by atoms with van der Waals surface area (Å²) in [5.74, 6) is 0.989. The van der Waals surface area contributed by atoms with Crippen LogP contribution in [-0.4, -0.2) is 40.9 Å². The van der Waals surface area contributed by atoms with E-state index in [1.807, 2.05) is 32.0 Å². The predicted octanol–water partition coefficient (Wildman–Crippen LogP) is 3.62. The van der Waals surface area contributed by atoms with Gasteiger partial charge in [-0.3, -0.25) is 4.79 Å². The van der Waals surface area contributed by atoms with E-state index in [-0.39, 0.29) is 18.4 Å². The van der Waals surface area contributed by atoms with Gasteiger partial charge in [0.15, 0.2) is 6.61 Å². The molecule has 2 aromatic heterocycles. The summed E-state index contributed by atoms with van der Waals surface area (Å²) in [5.41, 5.74) is 3.43. The molecule has 7 heteroatoms. The highest BCUT2D eigenvalue weighted by Crippen LogP contribution is 2.23. The van der Waals surface area contributed by atoms with Crippen LogP contribution < -0.4 is 4.74 Å². The topological polar surface area (TPSA) is 79.4 Å². The average Bonchev–Trinajstić information content (AvgIpc) is 3.28. The molecule has 0 fully saturated rings. The number of rotatable bonds is 8. The van der Waals surface area contributed by atoms with Gasteiger partial charge in [0.1, 0.15) is 5.75 Å². The number of aryl methyl sites for hydroxylation is 1. The smallest absolute Gasteiger partial charge is 0.247 e. The highest BCUT2D eigenvalue weighted by molar-refractivity contribution is 5.98. The SMILES string of the molecule is COC[C@@H](C)n1c(C)cc(C(=O)COc2ccc(-c3nnco3)cc2)c1C. The zero-order valence-electron chi connectivity index (χ0n) is 15.9. The van der Waals surface area contributed by atoms with Crippen LogP contribution in [0.4, 0.5) is 0 Å². The molecule has 3 rings (SSSR count). The van der Waals surface area contributed by atoms with Crippen molar-refractivity contribution < 1.29 is 18.7 Å². The van der Waals surface area contributed by atoms with Crippen molar-refractivity contribution in [3.8, 4) is 17.2 Å². The van der Waals surface area contributed by atoms with E-state index < -0.39 is 0 Å². The number of aromatic nitrogens is 3. The Bertz CT molecular complexity index is 898. The Kier molecular flexibility index (Phi) is 5.71. The maximum Gasteiger partial charge on any atom is 0.247 e. The summed E-state index contributed by atoms with van der Waals surface area (Å²) in [4.78, 5) is 12.6. The zero-order valence-corrected chi connectivity index (χ0v) is 15.9. The summed E-state index contributed by atoms with van der Waals surface area (Å²) in [6, 6.07) is 9.24. The van der Waals surface area contributed by atoms with Gasteiger partial charge in [0.05, 0.1) is 12.6 Å². The number of hydrogen-bond donors (Lipinski definition) is 0. The molecule has 0 aliphatic carbocycles. The lowest BCUT2D eigenvalue weighted by Crippen LogP contribution is -2.16. The van der Waals surface area contributed by atoms with Gasteiger partial charge in [-0.05, 0) is 51.1 Å². The molecule has 0 N–H and O–H groups in total. The van der Waals surface area contributed by atoms with Crippen molar-refractivity contribution in [1.82, 2.24) is 14.8 Å². The molecule has 0 unspecified atom stereocenters. The number of carbonyl (C=O) groups is 1. The number of Topliss-reactive ketones (excluding diaryl/α,β-unsaturated/α-hetero) is 1. The largest absolute Gasteiger partial charge is 0.485 e. The van der Waals surface area contributed by atoms with E-state index in [4.69, 9.17) is 13.9 Å². The quantitative estimate of drug-likeness (QED) is 0.564. The molecule has 0 aliphatic heterocycles. The van der Waals surface area contributed by atoms with E-state index in [1.54, 1.807) is 19.2 Å². The second-order valence-electron chi connectivity index (χ2n) is 6.44. The minimum absolute atomic E-state index is 0.0249. The third-order valence-corrected chi connectivity index (χ3v) is 4.46. The van der Waals surface area contributed by atoms with Gasteiger partial charge in [0.2, 0.25) is 18.1 Å². The van der Waals surface area contributed by atoms with Crippen molar-refractivity contribution in [1.29, 1.82) is 0 Å². The molecular formula is C20H23N3O4. The van der Waals surface area contributed by atoms with Gasteiger partial charge in [-0.25, -0.2) is 0 Å². The summed E-state index contributed by atoms with van der Waals surface area (Å²) < 4.78 is 18.2. The molecular weight excluding hydrogens is 346 g/mol. The Morgan fingerprint density at radius 1 is 1.26 bits per heavy atom. The minimum atomic E-state index is -0.0556. The molecule has 0 saturated carbocycles. The molecule has 0 spiro atoms. The van der Waals surface area contributed by atoms with Gasteiger partial charge < -0.3 is 18.5 Å². The van der Waals surface area contributed by atoms with E-state index in [0.29, 0.717) is 23.8 Å². The summed E-state index contributed by atoms with van der Waals surface area (Å²) in [5, 5.41) is 7.51. The molecule has 7 nitrogen and oxygen atoms in total. The fraction of sp³-hybridized carbons (Fsp3) is 0.350. The summed E-state index contributed by atoms with van der Waals surface area (Å²) >= 11 is 0. The monoisotopic (exact) mass is 369 g/mol. The molecule has 27 heavy (non-hydrogen) atoms. The average molecular weight is 369 g/mol. The van der Waals surface area contributed by atoms with Crippen molar-refractivity contribution >= 4 is 5.78 Å². The third-order valence-electron chi connectivity index (χ3n) is 4.46. The second kappa shape index (κ2) is 8.18. The zero-order chi connectivity index (χ0) is 19.4. The molecule has 0 aliphatic rings. The van der Waals surface area contributed by atoms with Crippen LogP contribution in [-0.2, 0) is 4.74 Å². The summed E-state index contributed by atoms with van der Waals surface area (Å²) in [6.07, 6.45) is 1.28. The van der Waals surface area contributed by atoms with Crippen LogP contribution in [0, 0.1) is 13.8 Å². The van der Waals surface area contributed by atoms with E-state index in [1.165, 1.54) is 6.39 Å². The highest BCUT2D eigenvalue weighted by Gasteiger charge is 2.19. The van der Waals surface area contributed by atoms with Crippen LogP contribution in [0.3, 0.4) is 0 Å². The van der Waals surface area contributed by atoms with Gasteiger partial charge in [-0.2, -0.15) is 0 Å². The van der Waals surface area contributed by atoms with Crippen LogP contribution in [0.1, 0.15) is 34.7 Å². The number of methoxy groups -OCH3 is 1. The van der Waals surface area contributed by atoms with Crippen molar-refractivity contribution in [2.45, 2.75) is 26.8 Å². The van der Waals surface area contributed by atoms with Gasteiger partial charge in [0, 0.05) is 29.6 Å². The van der Waals surface area contributed by atoms with E-state index in [2.05, 4.69) is 21.7 Å². The normalized spacial score (nSPS) is 12.1. The predicted molar refractivity (Wildman–Crippen MR) is 100 cm³/mol. The van der Waals surface area contributed by atoms with Crippen molar-refractivity contribution in [3.05, 3.63) is 53.7 Å². The van der Waals surface area contributed by atoms with Crippen LogP contribution in [0.5, 0.6) is 5.75 Å². The molecule has 0 radical (unpaired) electrons. The fourth-order valence-corrected chi connectivity index (χ4v) is 3.27. The Labute approximate surface area is 157 Å². The lowest BCUT2D eigenvalue weighted by atomic mass is 10.1. The van der Waals surface area contributed by atoms with Crippen molar-refractivity contribution in [3.63, 3.8) is 0 Å². The first-order valence-electron chi connectivity index (χ1n) is 8.71. The number of ketones is 1. The lowest BCUT2D eigenvalue weighted by Gasteiger charge is -2.17. The summed E-state index contributed by atoms with van der Waals surface area (Å²) in [7, 11) is 1.67. The number of carbonyl (C=O) groups excluding carboxylic acids is 1. The maximum atomic E-state index is 12.6. The molecule has 2 heterocycles. The number of ether oxygens (including phenoxy) is 2. The molecule has 1 atom stereocenters. The van der Waals surface area contributed by atoms with Gasteiger partial charge in [-0.15, -0.1) is 10.2 Å². The van der Waals surface area contributed by atoms with Crippen molar-refractivity contribution in [2.24, 2.45) is 0 Å². The van der Waals surface area contributed by atoms with Gasteiger partial charge in [-0.1, -0.05) is 0 Å². The Morgan fingerprint density at radius 3 is 2.63 bits per heavy atom. The molecule has 0 saturated heterocycles. The first-order valence-corrected chi connectivity index (χ1v) is 8.71. The number of nitrogens with zero attached hydrogens (tertiary/aromatic N) is 3. The maximum absolute atomic E-state index is 12.6. The van der Waals surface area contributed by atoms with E-state index in [0.717, 1.165) is 17.0 Å². The van der Waals surface area contributed by atoms with Gasteiger partial charge in [0.25, 0.3) is 0 Å². The fourth-order valence-electron chi connectivity index (χ4n) is 3.27. The molecule has 0 amide bonds. The van der Waals surface area contributed by atoms with Crippen LogP contribution in [0.2, 0.25) is 0 Å². The highest BCUT2D eigenvalue weighted by atomic mass is 16.5. The molecule has 3 aromatic rings. The first kappa shape index (κ1) is 18.8. The Balaban J connectivity index is 1.67. The standard InChI is InChI=1S/C20H23N3O4/c1-13-9-18(15(3)23(13)14(2)10-25-4)19(24)11-26-17-7-5-16(6-8-17)20-22-21-12-27-20/h5-9,12,14H,10-11H2,1-4H3/t14-/m1/s1. The van der Waals surface area contributed by atoms with Crippen LogP contribution in [0.15, 0.2) is 41.1 Å².